The van der Waals surface area contributed by atoms with E-state index in [0.29, 0.717) is 0 Å². The Morgan fingerprint density at radius 2 is 2.12 bits per heavy atom. The molecule has 0 aliphatic carbocycles. The molecule has 94 valence electrons. The molecule has 1 aliphatic rings. The normalized spacial score (nSPS) is 19.6. The van der Waals surface area contributed by atoms with Gasteiger partial charge in [0.05, 0.1) is 0 Å². The molecular weight excluding hydrogens is 246 g/mol. The number of rotatable bonds is 0. The van der Waals surface area contributed by atoms with Crippen molar-refractivity contribution in [2.24, 2.45) is 0 Å². The molecule has 5 nitrogen and oxygen atoms in total. The number of hydrogen-bond donors (Lipinski definition) is 2. The Morgan fingerprint density at radius 1 is 1.47 bits per heavy atom. The lowest BCUT2D eigenvalue weighted by atomic mass is 10.1. The summed E-state index contributed by atoms with van der Waals surface area (Å²) in [5, 5.41) is 11.3. The van der Waals surface area contributed by atoms with Gasteiger partial charge in [0.15, 0.2) is 0 Å². The summed E-state index contributed by atoms with van der Waals surface area (Å²) in [4.78, 5) is 14.5. The molecule has 1 aliphatic heterocycles. The highest BCUT2D eigenvalue weighted by Gasteiger charge is 2.44. The van der Waals surface area contributed by atoms with Crippen LogP contribution in [0.25, 0.3) is 0 Å². The van der Waals surface area contributed by atoms with Crippen LogP contribution in [-0.2, 0) is 0 Å². The van der Waals surface area contributed by atoms with E-state index in [0.717, 1.165) is 0 Å². The van der Waals surface area contributed by atoms with E-state index in [2.05, 4.69) is 10.3 Å². The number of nitrogens with one attached hydrogen (secondary N) is 1. The average molecular weight is 253 g/mol. The predicted molar refractivity (Wildman–Crippen MR) is 48.3 cm³/mol. The van der Waals surface area contributed by atoms with Crippen LogP contribution in [-0.4, -0.2) is 27.4 Å². The SMILES string of the molecule is O=c1c(F)c(O)nc2n1C(C(F)(F)F)CCN2. The molecule has 0 radical (unpaired) electrons. The van der Waals surface area contributed by atoms with Crippen molar-refractivity contribution in [2.45, 2.75) is 18.6 Å². The molecule has 2 rings (SSSR count). The van der Waals surface area contributed by atoms with E-state index in [1.54, 1.807) is 0 Å². The van der Waals surface area contributed by atoms with E-state index in [1.807, 2.05) is 0 Å². The second-order valence-electron chi connectivity index (χ2n) is 3.52. The Morgan fingerprint density at radius 3 is 2.71 bits per heavy atom. The lowest BCUT2D eigenvalue weighted by molar-refractivity contribution is -0.170. The molecule has 0 bridgehead atoms. The van der Waals surface area contributed by atoms with Gasteiger partial charge >= 0.3 is 6.18 Å². The lowest BCUT2D eigenvalue weighted by Gasteiger charge is -2.29. The van der Waals surface area contributed by atoms with Gasteiger partial charge in [-0.3, -0.25) is 9.36 Å². The van der Waals surface area contributed by atoms with Crippen LogP contribution in [0.4, 0.5) is 23.5 Å². The minimum atomic E-state index is -4.67. The zero-order chi connectivity index (χ0) is 12.8. The van der Waals surface area contributed by atoms with E-state index in [4.69, 9.17) is 5.11 Å². The van der Waals surface area contributed by atoms with Crippen LogP contribution in [0.1, 0.15) is 12.5 Å². The zero-order valence-electron chi connectivity index (χ0n) is 8.25. The third kappa shape index (κ3) is 1.81. The monoisotopic (exact) mass is 253 g/mol. The molecule has 1 aromatic heterocycles. The minimum Gasteiger partial charge on any atom is -0.491 e. The number of halogens is 4. The van der Waals surface area contributed by atoms with Crippen molar-refractivity contribution >= 4 is 5.95 Å². The third-order valence-corrected chi connectivity index (χ3v) is 2.43. The first-order valence-electron chi connectivity index (χ1n) is 4.64. The molecule has 17 heavy (non-hydrogen) atoms. The third-order valence-electron chi connectivity index (χ3n) is 2.43. The first-order valence-corrected chi connectivity index (χ1v) is 4.64. The molecule has 0 spiro atoms. The number of fused-ring (bicyclic) bond motifs is 1. The molecular formula is C8H7F4N3O2. The Balaban J connectivity index is 2.66. The molecule has 1 unspecified atom stereocenters. The van der Waals surface area contributed by atoms with Crippen molar-refractivity contribution in [3.63, 3.8) is 0 Å². The van der Waals surface area contributed by atoms with Gasteiger partial charge in [0.2, 0.25) is 11.8 Å². The topological polar surface area (TPSA) is 67.1 Å². The predicted octanol–water partition coefficient (Wildman–Crippen LogP) is 1.01. The molecule has 1 atom stereocenters. The van der Waals surface area contributed by atoms with Crippen molar-refractivity contribution in [3.05, 3.63) is 16.2 Å². The van der Waals surface area contributed by atoms with Crippen LogP contribution in [0.3, 0.4) is 0 Å². The van der Waals surface area contributed by atoms with Gasteiger partial charge in [0.25, 0.3) is 11.4 Å². The summed E-state index contributed by atoms with van der Waals surface area (Å²) in [5.74, 6) is -3.38. The maximum atomic E-state index is 13.0. The van der Waals surface area contributed by atoms with Crippen LogP contribution in [0, 0.1) is 5.82 Å². The van der Waals surface area contributed by atoms with Crippen LogP contribution in [0.2, 0.25) is 0 Å². The molecule has 0 amide bonds. The minimum absolute atomic E-state index is 0.0678. The maximum absolute atomic E-state index is 13.0. The zero-order valence-corrected chi connectivity index (χ0v) is 8.25. The summed E-state index contributed by atoms with van der Waals surface area (Å²) < 4.78 is 51.1. The molecule has 0 saturated heterocycles. The Bertz CT molecular complexity index is 511. The van der Waals surface area contributed by atoms with E-state index in [1.165, 1.54) is 0 Å². The van der Waals surface area contributed by atoms with Gasteiger partial charge < -0.3 is 10.4 Å². The number of aromatic nitrogens is 2. The summed E-state index contributed by atoms with van der Waals surface area (Å²) >= 11 is 0. The fraction of sp³-hybridized carbons (Fsp3) is 0.500. The summed E-state index contributed by atoms with van der Waals surface area (Å²) in [6.07, 6.45) is -5.08. The van der Waals surface area contributed by atoms with E-state index >= 15 is 0 Å². The number of nitrogens with zero attached hydrogens (tertiary/aromatic N) is 2. The number of alkyl halides is 3. The first-order chi connectivity index (χ1) is 7.82. The fourth-order valence-corrected chi connectivity index (χ4v) is 1.67. The number of aromatic hydroxyl groups is 1. The Labute approximate surface area is 91.7 Å². The van der Waals surface area contributed by atoms with Crippen molar-refractivity contribution in [3.8, 4) is 5.88 Å². The highest BCUT2D eigenvalue weighted by molar-refractivity contribution is 5.33. The van der Waals surface area contributed by atoms with Gasteiger partial charge in [-0.1, -0.05) is 0 Å². The van der Waals surface area contributed by atoms with Gasteiger partial charge in [-0.15, -0.1) is 0 Å². The number of hydrogen-bond acceptors (Lipinski definition) is 4. The van der Waals surface area contributed by atoms with E-state index < -0.39 is 41.8 Å². The summed E-state index contributed by atoms with van der Waals surface area (Å²) in [6, 6.07) is -2.13. The number of anilines is 1. The summed E-state index contributed by atoms with van der Waals surface area (Å²) in [5.41, 5.74) is -1.54. The van der Waals surface area contributed by atoms with Gasteiger partial charge in [0, 0.05) is 6.54 Å². The second kappa shape index (κ2) is 3.60. The standard InChI is InChI=1S/C8H7F4N3O2/c9-4-5(16)14-7-13-2-1-3(8(10,11)12)15(7)6(4)17/h3,16H,1-2H2,(H,13,14). The van der Waals surface area contributed by atoms with Gasteiger partial charge in [-0.2, -0.15) is 22.5 Å². The smallest absolute Gasteiger partial charge is 0.409 e. The van der Waals surface area contributed by atoms with E-state index in [-0.39, 0.29) is 11.1 Å². The maximum Gasteiger partial charge on any atom is 0.409 e. The molecule has 0 aromatic carbocycles. The quantitative estimate of drug-likeness (QED) is 0.677. The lowest BCUT2D eigenvalue weighted by Crippen LogP contribution is -2.41. The van der Waals surface area contributed by atoms with Crippen LogP contribution in [0.15, 0.2) is 4.79 Å². The van der Waals surface area contributed by atoms with Gasteiger partial charge in [-0.05, 0) is 6.42 Å². The summed E-state index contributed by atoms with van der Waals surface area (Å²) in [7, 11) is 0. The highest BCUT2D eigenvalue weighted by Crippen LogP contribution is 2.36. The van der Waals surface area contributed by atoms with E-state index in [9.17, 15) is 22.4 Å². The molecule has 0 fully saturated rings. The van der Waals surface area contributed by atoms with Crippen LogP contribution < -0.4 is 10.9 Å². The fourth-order valence-electron chi connectivity index (χ4n) is 1.67. The van der Waals surface area contributed by atoms with Crippen LogP contribution in [0.5, 0.6) is 5.88 Å². The molecule has 1 aromatic rings. The van der Waals surface area contributed by atoms with Crippen molar-refractivity contribution in [1.29, 1.82) is 0 Å². The summed E-state index contributed by atoms with van der Waals surface area (Å²) in [6.45, 7) is -0.0678. The second-order valence-corrected chi connectivity index (χ2v) is 3.52. The Hall–Kier alpha value is -1.80. The molecule has 2 heterocycles. The van der Waals surface area contributed by atoms with Gasteiger partial charge in [-0.25, -0.2) is 0 Å². The molecule has 9 heteroatoms. The molecule has 0 saturated carbocycles. The first kappa shape index (κ1) is 11.7. The van der Waals surface area contributed by atoms with Crippen molar-refractivity contribution < 1.29 is 22.7 Å². The van der Waals surface area contributed by atoms with Crippen molar-refractivity contribution in [2.75, 3.05) is 11.9 Å². The van der Waals surface area contributed by atoms with Crippen LogP contribution >= 0.6 is 0 Å². The van der Waals surface area contributed by atoms with Crippen molar-refractivity contribution in [1.82, 2.24) is 9.55 Å². The highest BCUT2D eigenvalue weighted by atomic mass is 19.4. The van der Waals surface area contributed by atoms with Gasteiger partial charge in [0.1, 0.15) is 6.04 Å². The Kier molecular flexibility index (Phi) is 2.48. The average Bonchev–Trinajstić information content (AvgIpc) is 2.24. The largest absolute Gasteiger partial charge is 0.491 e. The molecule has 2 N–H and O–H groups in total.